The molecule has 0 saturated heterocycles. The van der Waals surface area contributed by atoms with Gasteiger partial charge in [-0.3, -0.25) is 4.79 Å². The summed E-state index contributed by atoms with van der Waals surface area (Å²) in [5.74, 6) is 1.76. The number of aromatic hydroxyl groups is 1. The Hall–Kier alpha value is -3.07. The minimum absolute atomic E-state index is 0.322. The van der Waals surface area contributed by atoms with Gasteiger partial charge in [0.2, 0.25) is 0 Å². The Labute approximate surface area is 129 Å². The van der Waals surface area contributed by atoms with Crippen molar-refractivity contribution in [3.63, 3.8) is 0 Å². The number of carbonyl (C=O) groups excluding carboxylic acids is 1. The van der Waals surface area contributed by atoms with Gasteiger partial charge in [-0.05, 0) is 36.4 Å². The normalized spacial score (nSPS) is 9.27. The molecule has 0 radical (unpaired) electrons. The molecule has 3 aromatic carbocycles. The van der Waals surface area contributed by atoms with E-state index in [4.69, 9.17) is 9.84 Å². The van der Waals surface area contributed by atoms with Crippen molar-refractivity contribution in [3.8, 4) is 17.2 Å². The lowest BCUT2D eigenvalue weighted by molar-refractivity contribution is 0.112. The van der Waals surface area contributed by atoms with E-state index in [1.165, 1.54) is 0 Å². The highest BCUT2D eigenvalue weighted by Gasteiger charge is 1.97. The van der Waals surface area contributed by atoms with Gasteiger partial charge in [0.05, 0.1) is 0 Å². The van der Waals surface area contributed by atoms with Crippen LogP contribution in [0.3, 0.4) is 0 Å². The lowest BCUT2D eigenvalue weighted by Gasteiger charge is -2.04. The van der Waals surface area contributed by atoms with Gasteiger partial charge in [0.1, 0.15) is 23.5 Å². The number of hydrogen-bond donors (Lipinski definition) is 1. The van der Waals surface area contributed by atoms with Crippen molar-refractivity contribution in [2.24, 2.45) is 0 Å². The molecule has 0 aliphatic carbocycles. The minimum Gasteiger partial charge on any atom is -0.508 e. The van der Waals surface area contributed by atoms with E-state index < -0.39 is 0 Å². The molecule has 22 heavy (non-hydrogen) atoms. The Balaban J connectivity index is 0.000000211. The number of aldehydes is 1. The van der Waals surface area contributed by atoms with Crippen LogP contribution in [0.1, 0.15) is 10.4 Å². The first-order valence-corrected chi connectivity index (χ1v) is 6.80. The summed E-state index contributed by atoms with van der Waals surface area (Å²) < 4.78 is 5.56. The van der Waals surface area contributed by atoms with E-state index in [0.717, 1.165) is 12.0 Å². The molecular weight excluding hydrogens is 276 g/mol. The molecule has 3 rings (SSSR count). The molecule has 0 fully saturated rings. The average Bonchev–Trinajstić information content (AvgIpc) is 2.57. The van der Waals surface area contributed by atoms with Crippen LogP contribution in [0.4, 0.5) is 0 Å². The maximum Gasteiger partial charge on any atom is 0.150 e. The van der Waals surface area contributed by atoms with Crippen LogP contribution < -0.4 is 4.74 Å². The summed E-state index contributed by atoms with van der Waals surface area (Å²) in [6.07, 6.45) is 0.803. The maximum atomic E-state index is 10.6. The van der Waals surface area contributed by atoms with Crippen LogP contribution in [0, 0.1) is 0 Å². The monoisotopic (exact) mass is 292 g/mol. The summed E-state index contributed by atoms with van der Waals surface area (Å²) in [4.78, 5) is 10.6. The molecule has 3 aromatic rings. The van der Waals surface area contributed by atoms with E-state index in [1.54, 1.807) is 42.5 Å². The van der Waals surface area contributed by atoms with Crippen LogP contribution in [0.5, 0.6) is 17.2 Å². The molecule has 3 heteroatoms. The lowest BCUT2D eigenvalue weighted by atomic mass is 10.2. The van der Waals surface area contributed by atoms with E-state index in [1.807, 2.05) is 42.5 Å². The molecule has 0 aliphatic heterocycles. The number of hydrogen-bond acceptors (Lipinski definition) is 3. The van der Waals surface area contributed by atoms with Crippen molar-refractivity contribution in [2.75, 3.05) is 0 Å². The first-order chi connectivity index (χ1) is 10.8. The first kappa shape index (κ1) is 15.3. The summed E-state index contributed by atoms with van der Waals surface area (Å²) in [5.41, 5.74) is 0.614. The molecule has 110 valence electrons. The zero-order valence-corrected chi connectivity index (χ0v) is 11.9. The quantitative estimate of drug-likeness (QED) is 0.713. The second-order valence-corrected chi connectivity index (χ2v) is 4.44. The fourth-order valence-corrected chi connectivity index (χ4v) is 1.70. The fourth-order valence-electron chi connectivity index (χ4n) is 1.70. The largest absolute Gasteiger partial charge is 0.508 e. The number of carbonyl (C=O) groups is 1. The molecule has 0 heterocycles. The van der Waals surface area contributed by atoms with Crippen molar-refractivity contribution in [1.82, 2.24) is 0 Å². The zero-order valence-electron chi connectivity index (χ0n) is 11.9. The predicted molar refractivity (Wildman–Crippen MR) is 86.5 cm³/mol. The summed E-state index contributed by atoms with van der Waals surface area (Å²) in [6, 6.07) is 25.2. The second kappa shape index (κ2) is 8.27. The summed E-state index contributed by atoms with van der Waals surface area (Å²) in [5, 5.41) is 8.63. The summed E-state index contributed by atoms with van der Waals surface area (Å²) >= 11 is 0. The van der Waals surface area contributed by atoms with E-state index in [0.29, 0.717) is 17.1 Å². The Morgan fingerprint density at radius 3 is 1.86 bits per heavy atom. The fraction of sp³-hybridized carbons (Fsp3) is 0. The van der Waals surface area contributed by atoms with Crippen LogP contribution in [-0.2, 0) is 0 Å². The highest BCUT2D eigenvalue weighted by molar-refractivity contribution is 5.75. The average molecular weight is 292 g/mol. The van der Waals surface area contributed by atoms with Gasteiger partial charge in [0.25, 0.3) is 0 Å². The molecule has 0 atom stereocenters. The van der Waals surface area contributed by atoms with Gasteiger partial charge >= 0.3 is 0 Å². The number of benzene rings is 3. The van der Waals surface area contributed by atoms with Gasteiger partial charge < -0.3 is 9.84 Å². The molecule has 0 aromatic heterocycles. The summed E-state index contributed by atoms with van der Waals surface area (Å²) in [7, 11) is 0. The number of ether oxygens (including phenoxy) is 1. The minimum atomic E-state index is 0.322. The number of rotatable bonds is 3. The Kier molecular flexibility index (Phi) is 5.76. The van der Waals surface area contributed by atoms with Gasteiger partial charge in [-0.15, -0.1) is 0 Å². The third-order valence-electron chi connectivity index (χ3n) is 2.73. The second-order valence-electron chi connectivity index (χ2n) is 4.44. The predicted octanol–water partition coefficient (Wildman–Crippen LogP) is 4.68. The number of phenolic OH excluding ortho intramolecular Hbond substituents is 1. The van der Waals surface area contributed by atoms with Crippen LogP contribution in [0.15, 0.2) is 84.9 Å². The van der Waals surface area contributed by atoms with Gasteiger partial charge in [-0.1, -0.05) is 48.5 Å². The van der Waals surface area contributed by atoms with Gasteiger partial charge in [-0.2, -0.15) is 0 Å². The van der Waals surface area contributed by atoms with Crippen LogP contribution in [-0.4, -0.2) is 11.4 Å². The highest BCUT2D eigenvalue weighted by Crippen LogP contribution is 2.21. The lowest BCUT2D eigenvalue weighted by Crippen LogP contribution is -1.85. The van der Waals surface area contributed by atoms with Crippen molar-refractivity contribution in [1.29, 1.82) is 0 Å². The van der Waals surface area contributed by atoms with E-state index in [-0.39, 0.29) is 0 Å². The van der Waals surface area contributed by atoms with Crippen molar-refractivity contribution < 1.29 is 14.6 Å². The van der Waals surface area contributed by atoms with Crippen LogP contribution >= 0.6 is 0 Å². The van der Waals surface area contributed by atoms with Crippen LogP contribution in [0.25, 0.3) is 0 Å². The SMILES string of the molecule is O=Cc1cccc(Oc2ccccc2)c1.Oc1ccccc1. The van der Waals surface area contributed by atoms with Crippen molar-refractivity contribution in [2.45, 2.75) is 0 Å². The molecule has 0 spiro atoms. The standard InChI is InChI=1S/C13H10O2.C6H6O/c14-10-11-5-4-8-13(9-11)15-12-6-2-1-3-7-12;7-6-4-2-1-3-5-6/h1-10H;1-5,7H. The zero-order chi connectivity index (χ0) is 15.6. The molecule has 0 amide bonds. The van der Waals surface area contributed by atoms with E-state index >= 15 is 0 Å². The first-order valence-electron chi connectivity index (χ1n) is 6.80. The van der Waals surface area contributed by atoms with Gasteiger partial charge in [-0.25, -0.2) is 0 Å². The molecule has 0 aliphatic rings. The number of para-hydroxylation sites is 2. The summed E-state index contributed by atoms with van der Waals surface area (Å²) in [6.45, 7) is 0. The molecule has 0 unspecified atom stereocenters. The van der Waals surface area contributed by atoms with E-state index in [9.17, 15) is 4.79 Å². The van der Waals surface area contributed by atoms with Gasteiger partial charge in [0, 0.05) is 5.56 Å². The topological polar surface area (TPSA) is 46.5 Å². The molecule has 3 nitrogen and oxygen atoms in total. The smallest absolute Gasteiger partial charge is 0.150 e. The Morgan fingerprint density at radius 1 is 0.727 bits per heavy atom. The molecular formula is C19H16O3. The molecule has 0 saturated carbocycles. The molecule has 0 bridgehead atoms. The Bertz CT molecular complexity index is 694. The Morgan fingerprint density at radius 2 is 1.32 bits per heavy atom. The van der Waals surface area contributed by atoms with Crippen molar-refractivity contribution in [3.05, 3.63) is 90.5 Å². The van der Waals surface area contributed by atoms with Gasteiger partial charge in [0.15, 0.2) is 0 Å². The third kappa shape index (κ3) is 5.13. The third-order valence-corrected chi connectivity index (χ3v) is 2.73. The highest BCUT2D eigenvalue weighted by atomic mass is 16.5. The van der Waals surface area contributed by atoms with Crippen LogP contribution in [0.2, 0.25) is 0 Å². The molecule has 1 N–H and O–H groups in total. The van der Waals surface area contributed by atoms with Crippen molar-refractivity contribution >= 4 is 6.29 Å². The van der Waals surface area contributed by atoms with E-state index in [2.05, 4.69) is 0 Å². The maximum absolute atomic E-state index is 10.6. The number of phenols is 1.